The summed E-state index contributed by atoms with van der Waals surface area (Å²) in [7, 11) is 0. The number of nitrogens with zero attached hydrogens (tertiary/aromatic N) is 1. The molecule has 2 atom stereocenters. The van der Waals surface area contributed by atoms with Crippen molar-refractivity contribution in [2.24, 2.45) is 0 Å². The SMILES string of the molecule is CC[N+](Cc1ccccc1)(C(C)Cl)C(C)Cl. The van der Waals surface area contributed by atoms with Gasteiger partial charge in [-0.2, -0.15) is 0 Å². The minimum absolute atomic E-state index is 0.0118. The van der Waals surface area contributed by atoms with Crippen molar-refractivity contribution >= 4 is 23.2 Å². The van der Waals surface area contributed by atoms with E-state index in [2.05, 4.69) is 31.2 Å². The number of rotatable bonds is 5. The molecule has 0 amide bonds. The van der Waals surface area contributed by atoms with Gasteiger partial charge < -0.3 is 0 Å². The van der Waals surface area contributed by atoms with Crippen LogP contribution in [0.15, 0.2) is 30.3 Å². The van der Waals surface area contributed by atoms with Crippen LogP contribution in [-0.4, -0.2) is 22.0 Å². The van der Waals surface area contributed by atoms with Crippen molar-refractivity contribution in [3.63, 3.8) is 0 Å². The number of benzene rings is 1. The Labute approximate surface area is 109 Å². The van der Waals surface area contributed by atoms with E-state index in [9.17, 15) is 0 Å². The van der Waals surface area contributed by atoms with Crippen molar-refractivity contribution in [3.05, 3.63) is 35.9 Å². The molecule has 0 bridgehead atoms. The van der Waals surface area contributed by atoms with Gasteiger partial charge in [0.15, 0.2) is 11.0 Å². The average Bonchev–Trinajstić information content (AvgIpc) is 2.26. The molecule has 0 saturated heterocycles. The Balaban J connectivity index is 2.95. The van der Waals surface area contributed by atoms with Crippen LogP contribution < -0.4 is 0 Å². The van der Waals surface area contributed by atoms with E-state index in [1.165, 1.54) is 5.56 Å². The van der Waals surface area contributed by atoms with Crippen molar-refractivity contribution in [1.82, 2.24) is 0 Å². The average molecular weight is 261 g/mol. The summed E-state index contributed by atoms with van der Waals surface area (Å²) in [4.78, 5) is 0. The molecule has 1 nitrogen and oxygen atoms in total. The summed E-state index contributed by atoms with van der Waals surface area (Å²) in [6.07, 6.45) is 0. The minimum atomic E-state index is 0.0118. The predicted octanol–water partition coefficient (Wildman–Crippen LogP) is 4.19. The number of halogens is 2. The lowest BCUT2D eigenvalue weighted by atomic mass is 10.1. The lowest BCUT2D eigenvalue weighted by molar-refractivity contribution is -0.957. The second-order valence-electron chi connectivity index (χ2n) is 4.21. The van der Waals surface area contributed by atoms with Crippen LogP contribution in [0.25, 0.3) is 0 Å². The van der Waals surface area contributed by atoms with E-state index in [1.54, 1.807) is 0 Å². The van der Waals surface area contributed by atoms with Crippen LogP contribution in [0.4, 0.5) is 0 Å². The van der Waals surface area contributed by atoms with E-state index in [4.69, 9.17) is 23.2 Å². The van der Waals surface area contributed by atoms with Crippen LogP contribution in [0.5, 0.6) is 0 Å². The second kappa shape index (κ2) is 5.90. The molecule has 0 aliphatic carbocycles. The normalized spacial score (nSPS) is 18.8. The molecule has 1 aromatic carbocycles. The number of quaternary nitrogens is 1. The zero-order valence-electron chi connectivity index (χ0n) is 10.2. The van der Waals surface area contributed by atoms with Gasteiger partial charge in [0, 0.05) is 19.4 Å². The van der Waals surface area contributed by atoms with Crippen molar-refractivity contribution in [2.45, 2.75) is 38.3 Å². The molecule has 0 radical (unpaired) electrons. The molecule has 1 rings (SSSR count). The van der Waals surface area contributed by atoms with E-state index < -0.39 is 0 Å². The molecule has 90 valence electrons. The summed E-state index contributed by atoms with van der Waals surface area (Å²) in [5.74, 6) is 0. The standard InChI is InChI=1S/C13H20Cl2N/c1-4-16(11(2)14,12(3)15)10-13-8-6-5-7-9-13/h5-9,11-12H,4,10H2,1-3H3/q+1. The summed E-state index contributed by atoms with van der Waals surface area (Å²) >= 11 is 12.7. The fourth-order valence-corrected chi connectivity index (χ4v) is 2.88. The van der Waals surface area contributed by atoms with Gasteiger partial charge in [-0.25, -0.2) is 0 Å². The Morgan fingerprint density at radius 3 is 1.94 bits per heavy atom. The maximum absolute atomic E-state index is 6.33. The van der Waals surface area contributed by atoms with Gasteiger partial charge in [0.1, 0.15) is 6.54 Å². The summed E-state index contributed by atoms with van der Waals surface area (Å²) in [6, 6.07) is 10.4. The molecule has 0 heterocycles. The van der Waals surface area contributed by atoms with Crippen LogP contribution in [0.3, 0.4) is 0 Å². The van der Waals surface area contributed by atoms with Crippen LogP contribution in [0, 0.1) is 0 Å². The zero-order chi connectivity index (χ0) is 12.2. The molecule has 0 saturated carbocycles. The van der Waals surface area contributed by atoms with E-state index in [1.807, 2.05) is 19.9 Å². The van der Waals surface area contributed by atoms with Gasteiger partial charge in [0.2, 0.25) is 0 Å². The molecule has 2 unspecified atom stereocenters. The van der Waals surface area contributed by atoms with Gasteiger partial charge in [0.25, 0.3) is 0 Å². The highest BCUT2D eigenvalue weighted by Crippen LogP contribution is 2.27. The molecule has 0 aromatic heterocycles. The van der Waals surface area contributed by atoms with Gasteiger partial charge in [-0.15, -0.1) is 0 Å². The fraction of sp³-hybridized carbons (Fsp3) is 0.538. The van der Waals surface area contributed by atoms with Crippen LogP contribution >= 0.6 is 23.2 Å². The third-order valence-corrected chi connectivity index (χ3v) is 4.10. The van der Waals surface area contributed by atoms with Crippen molar-refractivity contribution in [1.29, 1.82) is 0 Å². The van der Waals surface area contributed by atoms with E-state index in [0.29, 0.717) is 4.48 Å². The molecule has 0 aliphatic heterocycles. The van der Waals surface area contributed by atoms with E-state index in [-0.39, 0.29) is 11.0 Å². The Bertz CT molecular complexity index is 301. The third-order valence-electron chi connectivity index (χ3n) is 3.33. The monoisotopic (exact) mass is 260 g/mol. The number of hydrogen-bond acceptors (Lipinski definition) is 0. The Morgan fingerprint density at radius 2 is 1.56 bits per heavy atom. The summed E-state index contributed by atoms with van der Waals surface area (Å²) < 4.78 is 0.702. The predicted molar refractivity (Wildman–Crippen MR) is 71.6 cm³/mol. The summed E-state index contributed by atoms with van der Waals surface area (Å²) in [6.45, 7) is 8.00. The highest BCUT2D eigenvalue weighted by Gasteiger charge is 2.35. The summed E-state index contributed by atoms with van der Waals surface area (Å²) in [5.41, 5.74) is 1.31. The largest absolute Gasteiger partial charge is 0.290 e. The molecule has 16 heavy (non-hydrogen) atoms. The first-order chi connectivity index (χ1) is 7.53. The molecule has 0 spiro atoms. The molecule has 0 fully saturated rings. The van der Waals surface area contributed by atoms with Gasteiger partial charge in [-0.1, -0.05) is 53.5 Å². The lowest BCUT2D eigenvalue weighted by Gasteiger charge is -2.42. The molecular weight excluding hydrogens is 241 g/mol. The first-order valence-electron chi connectivity index (χ1n) is 5.71. The van der Waals surface area contributed by atoms with Gasteiger partial charge >= 0.3 is 0 Å². The third kappa shape index (κ3) is 2.91. The van der Waals surface area contributed by atoms with Crippen molar-refractivity contribution in [2.75, 3.05) is 6.54 Å². The van der Waals surface area contributed by atoms with Crippen LogP contribution in [0.1, 0.15) is 26.3 Å². The fourth-order valence-electron chi connectivity index (χ4n) is 2.07. The second-order valence-corrected chi connectivity index (χ2v) is 5.47. The molecule has 3 heteroatoms. The van der Waals surface area contributed by atoms with E-state index >= 15 is 0 Å². The maximum atomic E-state index is 6.33. The van der Waals surface area contributed by atoms with Gasteiger partial charge in [-0.05, 0) is 6.92 Å². The Kier molecular flexibility index (Phi) is 5.10. The Hall–Kier alpha value is -0.240. The van der Waals surface area contributed by atoms with Crippen LogP contribution in [0.2, 0.25) is 0 Å². The van der Waals surface area contributed by atoms with Crippen molar-refractivity contribution in [3.8, 4) is 0 Å². The quantitative estimate of drug-likeness (QED) is 0.423. The van der Waals surface area contributed by atoms with Crippen LogP contribution in [-0.2, 0) is 6.54 Å². The maximum Gasteiger partial charge on any atom is 0.163 e. The van der Waals surface area contributed by atoms with E-state index in [0.717, 1.165) is 13.1 Å². The molecule has 0 aliphatic rings. The van der Waals surface area contributed by atoms with Gasteiger partial charge in [0.05, 0.1) is 6.54 Å². The highest BCUT2D eigenvalue weighted by atomic mass is 35.5. The first kappa shape index (κ1) is 13.8. The lowest BCUT2D eigenvalue weighted by Crippen LogP contribution is -2.54. The van der Waals surface area contributed by atoms with Crippen molar-refractivity contribution < 1.29 is 4.48 Å². The first-order valence-corrected chi connectivity index (χ1v) is 6.58. The highest BCUT2D eigenvalue weighted by molar-refractivity contribution is 6.21. The number of alkyl halides is 2. The molecule has 1 aromatic rings. The van der Waals surface area contributed by atoms with Gasteiger partial charge in [-0.3, -0.25) is 4.48 Å². The molecular formula is C13H20Cl2N+. The topological polar surface area (TPSA) is 0 Å². The zero-order valence-corrected chi connectivity index (χ0v) is 11.7. The number of hydrogen-bond donors (Lipinski definition) is 0. The minimum Gasteiger partial charge on any atom is -0.290 e. The molecule has 0 N–H and O–H groups in total. The summed E-state index contributed by atoms with van der Waals surface area (Å²) in [5, 5.41) is 0. The Morgan fingerprint density at radius 1 is 1.06 bits per heavy atom. The smallest absolute Gasteiger partial charge is 0.163 e.